The summed E-state index contributed by atoms with van der Waals surface area (Å²) < 4.78 is 0. The van der Waals surface area contributed by atoms with E-state index in [9.17, 15) is 0 Å². The third-order valence-corrected chi connectivity index (χ3v) is 2.64. The summed E-state index contributed by atoms with van der Waals surface area (Å²) >= 11 is 0. The fraction of sp³-hybridized carbons (Fsp3) is 1.00. The molecule has 1 heterocycles. The van der Waals surface area contributed by atoms with Crippen molar-refractivity contribution >= 4 is 0 Å². The molecule has 58 valence electrons. The van der Waals surface area contributed by atoms with Gasteiger partial charge in [-0.3, -0.25) is 0 Å². The van der Waals surface area contributed by atoms with Gasteiger partial charge >= 0.3 is 0 Å². The highest BCUT2D eigenvalue weighted by Gasteiger charge is 2.22. The molecular formula is C8H16N2. The van der Waals surface area contributed by atoms with Crippen LogP contribution >= 0.6 is 0 Å². The molecule has 10 heavy (non-hydrogen) atoms. The van der Waals surface area contributed by atoms with Crippen LogP contribution in [0.15, 0.2) is 0 Å². The first-order valence-corrected chi connectivity index (χ1v) is 4.42. The SMILES string of the molecule is C1CC(N[C@@H]2CCNC2)C1. The van der Waals surface area contributed by atoms with Gasteiger partial charge in [-0.2, -0.15) is 0 Å². The minimum atomic E-state index is 0.783. The lowest BCUT2D eigenvalue weighted by atomic mass is 9.92. The van der Waals surface area contributed by atoms with Gasteiger partial charge in [-0.15, -0.1) is 0 Å². The highest BCUT2D eigenvalue weighted by Crippen LogP contribution is 2.19. The third kappa shape index (κ3) is 1.32. The molecule has 0 spiro atoms. The number of hydrogen-bond donors (Lipinski definition) is 2. The maximum absolute atomic E-state index is 3.65. The van der Waals surface area contributed by atoms with Crippen molar-refractivity contribution in [1.29, 1.82) is 0 Å². The van der Waals surface area contributed by atoms with Crippen LogP contribution < -0.4 is 10.6 Å². The maximum Gasteiger partial charge on any atom is 0.0207 e. The monoisotopic (exact) mass is 140 g/mol. The molecule has 0 bridgehead atoms. The Labute approximate surface area is 62.4 Å². The molecule has 2 rings (SSSR count). The average molecular weight is 140 g/mol. The summed E-state index contributed by atoms with van der Waals surface area (Å²) in [6.07, 6.45) is 5.60. The van der Waals surface area contributed by atoms with E-state index >= 15 is 0 Å². The van der Waals surface area contributed by atoms with Gasteiger partial charge in [0.25, 0.3) is 0 Å². The quantitative estimate of drug-likeness (QED) is 0.583. The van der Waals surface area contributed by atoms with Gasteiger partial charge in [0, 0.05) is 18.6 Å². The van der Waals surface area contributed by atoms with Crippen LogP contribution in [0.4, 0.5) is 0 Å². The van der Waals surface area contributed by atoms with Gasteiger partial charge in [-0.05, 0) is 25.8 Å². The fourth-order valence-corrected chi connectivity index (χ4v) is 1.71. The first kappa shape index (κ1) is 6.62. The van der Waals surface area contributed by atoms with Crippen LogP contribution in [-0.2, 0) is 0 Å². The molecule has 1 aliphatic heterocycles. The van der Waals surface area contributed by atoms with Crippen molar-refractivity contribution in [2.45, 2.75) is 37.8 Å². The predicted molar refractivity (Wildman–Crippen MR) is 42.0 cm³/mol. The highest BCUT2D eigenvalue weighted by molar-refractivity contribution is 4.84. The Kier molecular flexibility index (Phi) is 1.91. The molecule has 2 aliphatic rings. The van der Waals surface area contributed by atoms with E-state index < -0.39 is 0 Å². The standard InChI is InChI=1S/C8H16N2/c1-2-7(3-1)10-8-4-5-9-6-8/h7-10H,1-6H2/t8-/m1/s1. The fourth-order valence-electron chi connectivity index (χ4n) is 1.71. The Balaban J connectivity index is 1.68. The lowest BCUT2D eigenvalue weighted by Gasteiger charge is -2.29. The molecule has 1 saturated heterocycles. The molecular weight excluding hydrogens is 124 g/mol. The Hall–Kier alpha value is -0.0800. The molecule has 2 fully saturated rings. The predicted octanol–water partition coefficient (Wildman–Crippen LogP) is 0.490. The Morgan fingerprint density at radius 1 is 1.10 bits per heavy atom. The molecule has 1 saturated carbocycles. The molecule has 0 aromatic heterocycles. The molecule has 0 aromatic carbocycles. The summed E-state index contributed by atoms with van der Waals surface area (Å²) in [7, 11) is 0. The van der Waals surface area contributed by atoms with Crippen LogP contribution in [0.3, 0.4) is 0 Å². The van der Waals surface area contributed by atoms with Crippen LogP contribution in [-0.4, -0.2) is 25.2 Å². The Morgan fingerprint density at radius 3 is 2.50 bits per heavy atom. The average Bonchev–Trinajstić information content (AvgIpc) is 2.29. The summed E-state index contributed by atoms with van der Waals surface area (Å²) in [4.78, 5) is 0. The Morgan fingerprint density at radius 2 is 2.00 bits per heavy atom. The highest BCUT2D eigenvalue weighted by atomic mass is 15.0. The van der Waals surface area contributed by atoms with Crippen LogP contribution in [0, 0.1) is 0 Å². The summed E-state index contributed by atoms with van der Waals surface area (Å²) in [5.74, 6) is 0. The van der Waals surface area contributed by atoms with Crippen molar-refractivity contribution in [2.75, 3.05) is 13.1 Å². The molecule has 2 N–H and O–H groups in total. The lowest BCUT2D eigenvalue weighted by molar-refractivity contribution is 0.310. The molecule has 0 unspecified atom stereocenters. The van der Waals surface area contributed by atoms with E-state index in [0.29, 0.717) is 0 Å². The molecule has 0 amide bonds. The second kappa shape index (κ2) is 2.89. The van der Waals surface area contributed by atoms with E-state index in [1.54, 1.807) is 0 Å². The summed E-state index contributed by atoms with van der Waals surface area (Å²) in [6.45, 7) is 2.40. The second-order valence-electron chi connectivity index (χ2n) is 3.48. The van der Waals surface area contributed by atoms with Crippen molar-refractivity contribution in [1.82, 2.24) is 10.6 Å². The Bertz CT molecular complexity index is 104. The number of nitrogens with one attached hydrogen (secondary N) is 2. The van der Waals surface area contributed by atoms with Crippen molar-refractivity contribution in [3.8, 4) is 0 Å². The summed E-state index contributed by atoms with van der Waals surface area (Å²) in [5.41, 5.74) is 0. The first-order valence-electron chi connectivity index (χ1n) is 4.42. The van der Waals surface area contributed by atoms with Gasteiger partial charge in [-0.25, -0.2) is 0 Å². The lowest BCUT2D eigenvalue weighted by Crippen LogP contribution is -2.43. The van der Waals surface area contributed by atoms with E-state index in [1.807, 2.05) is 0 Å². The van der Waals surface area contributed by atoms with E-state index in [0.717, 1.165) is 12.1 Å². The van der Waals surface area contributed by atoms with Crippen molar-refractivity contribution < 1.29 is 0 Å². The molecule has 2 nitrogen and oxygen atoms in total. The van der Waals surface area contributed by atoms with Gasteiger partial charge in [0.1, 0.15) is 0 Å². The van der Waals surface area contributed by atoms with Crippen LogP contribution in [0.5, 0.6) is 0 Å². The number of hydrogen-bond acceptors (Lipinski definition) is 2. The molecule has 0 radical (unpaired) electrons. The van der Waals surface area contributed by atoms with Crippen LogP contribution in [0.2, 0.25) is 0 Å². The molecule has 2 heteroatoms. The van der Waals surface area contributed by atoms with E-state index in [4.69, 9.17) is 0 Å². The smallest absolute Gasteiger partial charge is 0.0207 e. The van der Waals surface area contributed by atoms with Gasteiger partial charge in [0.05, 0.1) is 0 Å². The zero-order valence-electron chi connectivity index (χ0n) is 6.40. The van der Waals surface area contributed by atoms with Gasteiger partial charge in [-0.1, -0.05) is 6.42 Å². The first-order chi connectivity index (χ1) is 4.95. The summed E-state index contributed by atoms with van der Waals surface area (Å²) in [5, 5.41) is 7.02. The molecule has 1 aliphatic carbocycles. The largest absolute Gasteiger partial charge is 0.315 e. The zero-order chi connectivity index (χ0) is 6.81. The maximum atomic E-state index is 3.65. The van der Waals surface area contributed by atoms with E-state index in [2.05, 4.69) is 10.6 Å². The topological polar surface area (TPSA) is 24.1 Å². The zero-order valence-corrected chi connectivity index (χ0v) is 6.40. The second-order valence-corrected chi connectivity index (χ2v) is 3.48. The van der Waals surface area contributed by atoms with Crippen LogP contribution in [0.25, 0.3) is 0 Å². The minimum absolute atomic E-state index is 0.783. The number of rotatable bonds is 2. The normalized spacial score (nSPS) is 34.2. The third-order valence-electron chi connectivity index (χ3n) is 2.64. The van der Waals surface area contributed by atoms with E-state index in [1.165, 1.54) is 38.8 Å². The van der Waals surface area contributed by atoms with Crippen molar-refractivity contribution in [2.24, 2.45) is 0 Å². The van der Waals surface area contributed by atoms with Gasteiger partial charge in [0.2, 0.25) is 0 Å². The van der Waals surface area contributed by atoms with Crippen molar-refractivity contribution in [3.05, 3.63) is 0 Å². The summed E-state index contributed by atoms with van der Waals surface area (Å²) in [6, 6.07) is 1.65. The van der Waals surface area contributed by atoms with Gasteiger partial charge < -0.3 is 10.6 Å². The molecule has 0 aromatic rings. The minimum Gasteiger partial charge on any atom is -0.315 e. The van der Waals surface area contributed by atoms with E-state index in [-0.39, 0.29) is 0 Å². The molecule has 1 atom stereocenters. The van der Waals surface area contributed by atoms with Gasteiger partial charge in [0.15, 0.2) is 0 Å². The van der Waals surface area contributed by atoms with Crippen molar-refractivity contribution in [3.63, 3.8) is 0 Å². The van der Waals surface area contributed by atoms with Crippen LogP contribution in [0.1, 0.15) is 25.7 Å².